The lowest BCUT2D eigenvalue weighted by Crippen LogP contribution is -2.38. The van der Waals surface area contributed by atoms with Gasteiger partial charge in [0.25, 0.3) is 0 Å². The van der Waals surface area contributed by atoms with E-state index in [1.807, 2.05) is 0 Å². The summed E-state index contributed by atoms with van der Waals surface area (Å²) in [7, 11) is 0. The average Bonchev–Trinajstić information content (AvgIpc) is 2.05. The van der Waals surface area contributed by atoms with E-state index in [2.05, 4.69) is 24.0 Å². The van der Waals surface area contributed by atoms with Crippen molar-refractivity contribution in [3.8, 4) is 0 Å². The molecule has 55 valence electrons. The third-order valence-corrected chi connectivity index (χ3v) is 2.55. The first-order valence-electron chi connectivity index (χ1n) is 4.21. The molecule has 2 atom stereocenters. The Bertz CT molecular complexity index is 140. The van der Waals surface area contributed by atoms with Crippen LogP contribution in [-0.2, 0) is 0 Å². The van der Waals surface area contributed by atoms with Crippen molar-refractivity contribution in [3.63, 3.8) is 0 Å². The Hall–Kier alpha value is -0.300. The Morgan fingerprint density at radius 2 is 2.10 bits per heavy atom. The van der Waals surface area contributed by atoms with Crippen LogP contribution in [0.1, 0.15) is 25.7 Å². The predicted molar refractivity (Wildman–Crippen MR) is 42.3 cm³/mol. The van der Waals surface area contributed by atoms with Gasteiger partial charge in [0.15, 0.2) is 0 Å². The standard InChI is InChI=1S/C9H14N/c1-2-6-9-8(4-1)5-3-7-10-9/h2,6-10H,1,3-5H2. The number of piperidine rings is 1. The maximum absolute atomic E-state index is 3.41. The monoisotopic (exact) mass is 136 g/mol. The minimum absolute atomic E-state index is 0.669. The van der Waals surface area contributed by atoms with Crippen LogP contribution in [0.3, 0.4) is 0 Å². The van der Waals surface area contributed by atoms with Crippen molar-refractivity contribution in [2.45, 2.75) is 31.7 Å². The molecule has 0 aromatic heterocycles. The molecule has 1 aliphatic carbocycles. The lowest BCUT2D eigenvalue weighted by molar-refractivity contribution is 0.322. The first-order chi connectivity index (χ1) is 4.97. The normalized spacial score (nSPS) is 39.2. The Morgan fingerprint density at radius 1 is 1.20 bits per heavy atom. The highest BCUT2D eigenvalue weighted by Gasteiger charge is 2.23. The highest BCUT2D eigenvalue weighted by atomic mass is 14.9. The van der Waals surface area contributed by atoms with Crippen molar-refractivity contribution < 1.29 is 0 Å². The molecule has 2 unspecified atom stereocenters. The van der Waals surface area contributed by atoms with Crippen LogP contribution < -0.4 is 5.32 Å². The van der Waals surface area contributed by atoms with Crippen LogP contribution in [0, 0.1) is 12.5 Å². The summed E-state index contributed by atoms with van der Waals surface area (Å²) in [5.41, 5.74) is 0. The van der Waals surface area contributed by atoms with Gasteiger partial charge in [-0.25, -0.2) is 0 Å². The van der Waals surface area contributed by atoms with Gasteiger partial charge in [-0.3, -0.25) is 0 Å². The van der Waals surface area contributed by atoms with Gasteiger partial charge in [-0.2, -0.15) is 0 Å². The Kier molecular flexibility index (Phi) is 1.76. The van der Waals surface area contributed by atoms with Crippen LogP contribution in [0.5, 0.6) is 0 Å². The highest BCUT2D eigenvalue weighted by Crippen LogP contribution is 2.27. The fourth-order valence-corrected chi connectivity index (χ4v) is 1.92. The molecule has 0 saturated carbocycles. The molecule has 1 radical (unpaired) electrons. The Balaban J connectivity index is 2.03. The summed E-state index contributed by atoms with van der Waals surface area (Å²) in [4.78, 5) is 0. The van der Waals surface area contributed by atoms with Gasteiger partial charge in [-0.1, -0.05) is 12.2 Å². The van der Waals surface area contributed by atoms with E-state index in [4.69, 9.17) is 0 Å². The number of fused-ring (bicyclic) bond motifs is 1. The number of hydrogen-bond donors (Lipinski definition) is 1. The van der Waals surface area contributed by atoms with Gasteiger partial charge in [0.05, 0.1) is 0 Å². The zero-order chi connectivity index (χ0) is 6.81. The maximum Gasteiger partial charge on any atom is 0.0281 e. The van der Waals surface area contributed by atoms with Crippen molar-refractivity contribution in [3.05, 3.63) is 18.7 Å². The van der Waals surface area contributed by atoms with Gasteiger partial charge in [-0.05, 0) is 31.6 Å². The minimum Gasteiger partial charge on any atom is -0.306 e. The summed E-state index contributed by atoms with van der Waals surface area (Å²) in [5.74, 6) is 0.926. The third-order valence-electron chi connectivity index (χ3n) is 2.55. The molecule has 2 rings (SSSR count). The molecule has 0 spiro atoms. The molecule has 0 aromatic carbocycles. The first-order valence-corrected chi connectivity index (χ1v) is 4.21. The van der Waals surface area contributed by atoms with Crippen molar-refractivity contribution in [1.29, 1.82) is 0 Å². The molecule has 0 amide bonds. The fraction of sp³-hybridized carbons (Fsp3) is 0.667. The minimum atomic E-state index is 0.669. The zero-order valence-corrected chi connectivity index (χ0v) is 6.22. The second-order valence-electron chi connectivity index (χ2n) is 3.24. The summed E-state index contributed by atoms with van der Waals surface area (Å²) in [5, 5.41) is 3.41. The van der Waals surface area contributed by atoms with E-state index in [0.717, 1.165) is 5.92 Å². The summed E-state index contributed by atoms with van der Waals surface area (Å²) in [6.07, 6.45) is 9.96. The maximum atomic E-state index is 3.41. The summed E-state index contributed by atoms with van der Waals surface area (Å²) >= 11 is 0. The van der Waals surface area contributed by atoms with E-state index in [1.54, 1.807) is 0 Å². The molecule has 0 bridgehead atoms. The Morgan fingerprint density at radius 3 is 3.00 bits per heavy atom. The van der Waals surface area contributed by atoms with Gasteiger partial charge in [0.2, 0.25) is 0 Å². The Labute approximate surface area is 62.5 Å². The van der Waals surface area contributed by atoms with Gasteiger partial charge < -0.3 is 5.32 Å². The molecule has 1 nitrogen and oxygen atoms in total. The van der Waals surface area contributed by atoms with Gasteiger partial charge in [-0.15, -0.1) is 0 Å². The predicted octanol–water partition coefficient (Wildman–Crippen LogP) is 1.87. The fourth-order valence-electron chi connectivity index (χ4n) is 1.92. The van der Waals surface area contributed by atoms with E-state index in [-0.39, 0.29) is 0 Å². The molecule has 1 heterocycles. The first kappa shape index (κ1) is 6.41. The van der Waals surface area contributed by atoms with Crippen LogP contribution in [0.2, 0.25) is 0 Å². The zero-order valence-electron chi connectivity index (χ0n) is 6.22. The van der Waals surface area contributed by atoms with E-state index >= 15 is 0 Å². The summed E-state index contributed by atoms with van der Waals surface area (Å²) < 4.78 is 0. The van der Waals surface area contributed by atoms with Crippen LogP contribution in [0.4, 0.5) is 0 Å². The van der Waals surface area contributed by atoms with Crippen molar-refractivity contribution >= 4 is 0 Å². The topological polar surface area (TPSA) is 12.0 Å². The quantitative estimate of drug-likeness (QED) is 0.501. The SMILES string of the molecule is [CH]1CCC2CCC=CC2N1. The molecule has 2 aliphatic rings. The largest absolute Gasteiger partial charge is 0.306 e. The molecular formula is C9H14N. The lowest BCUT2D eigenvalue weighted by Gasteiger charge is -2.32. The average molecular weight is 136 g/mol. The van der Waals surface area contributed by atoms with Crippen LogP contribution in [0.15, 0.2) is 12.2 Å². The van der Waals surface area contributed by atoms with Crippen molar-refractivity contribution in [2.24, 2.45) is 5.92 Å². The second kappa shape index (κ2) is 2.75. The van der Waals surface area contributed by atoms with Gasteiger partial charge in [0, 0.05) is 12.6 Å². The van der Waals surface area contributed by atoms with Gasteiger partial charge in [0.1, 0.15) is 0 Å². The molecule has 1 aliphatic heterocycles. The number of rotatable bonds is 0. The van der Waals surface area contributed by atoms with Crippen molar-refractivity contribution in [1.82, 2.24) is 5.32 Å². The molecule has 1 saturated heterocycles. The van der Waals surface area contributed by atoms with Crippen LogP contribution >= 0.6 is 0 Å². The smallest absolute Gasteiger partial charge is 0.0281 e. The van der Waals surface area contributed by atoms with Crippen molar-refractivity contribution in [2.75, 3.05) is 0 Å². The molecule has 1 fully saturated rings. The molecular weight excluding hydrogens is 122 g/mol. The van der Waals surface area contributed by atoms with Crippen LogP contribution in [-0.4, -0.2) is 6.04 Å². The number of nitrogens with one attached hydrogen (secondary N) is 1. The third kappa shape index (κ3) is 1.10. The number of allylic oxidation sites excluding steroid dienone is 1. The molecule has 1 heteroatoms. The highest BCUT2D eigenvalue weighted by molar-refractivity contribution is 5.04. The van der Waals surface area contributed by atoms with Crippen LogP contribution in [0.25, 0.3) is 0 Å². The van der Waals surface area contributed by atoms with Gasteiger partial charge >= 0.3 is 0 Å². The second-order valence-corrected chi connectivity index (χ2v) is 3.24. The van der Waals surface area contributed by atoms with E-state index in [9.17, 15) is 0 Å². The lowest BCUT2D eigenvalue weighted by atomic mass is 9.83. The summed E-state index contributed by atoms with van der Waals surface area (Å²) in [6, 6.07) is 0.669. The van der Waals surface area contributed by atoms with E-state index < -0.39 is 0 Å². The molecule has 0 aromatic rings. The summed E-state index contributed by atoms with van der Waals surface area (Å²) in [6.45, 7) is 2.21. The molecule has 1 N–H and O–H groups in total. The van der Waals surface area contributed by atoms with E-state index in [0.29, 0.717) is 6.04 Å². The number of hydrogen-bond acceptors (Lipinski definition) is 1. The molecule has 10 heavy (non-hydrogen) atoms. The van der Waals surface area contributed by atoms with E-state index in [1.165, 1.54) is 25.7 Å².